The first-order valence-corrected chi connectivity index (χ1v) is 12.2. The van der Waals surface area contributed by atoms with Crippen LogP contribution in [0.25, 0.3) is 11.3 Å². The van der Waals surface area contributed by atoms with Crippen LogP contribution in [-0.2, 0) is 11.3 Å². The summed E-state index contributed by atoms with van der Waals surface area (Å²) in [6.07, 6.45) is 4.56. The summed E-state index contributed by atoms with van der Waals surface area (Å²) in [5, 5.41) is 11.2. The molecule has 1 aromatic carbocycles. The molecular weight excluding hydrogens is 489 g/mol. The lowest BCUT2D eigenvalue weighted by Crippen LogP contribution is -2.50. The van der Waals surface area contributed by atoms with E-state index in [2.05, 4.69) is 20.5 Å². The van der Waals surface area contributed by atoms with Crippen LogP contribution in [-0.4, -0.2) is 51.1 Å². The van der Waals surface area contributed by atoms with Gasteiger partial charge in [-0.05, 0) is 49.4 Å². The molecule has 8 nitrogen and oxygen atoms in total. The van der Waals surface area contributed by atoms with Gasteiger partial charge in [0.1, 0.15) is 5.69 Å². The van der Waals surface area contributed by atoms with Crippen LogP contribution < -0.4 is 10.1 Å². The number of hydrogen-bond donors (Lipinski definition) is 2. The number of nitrogens with one attached hydrogen (secondary N) is 2. The zero-order chi connectivity index (χ0) is 24.6. The molecule has 0 radical (unpaired) electrons. The maximum Gasteiger partial charge on any atom is 0.272 e. The van der Waals surface area contributed by atoms with Crippen molar-refractivity contribution in [3.8, 4) is 17.1 Å². The quantitative estimate of drug-likeness (QED) is 0.505. The Kier molecular flexibility index (Phi) is 6.42. The number of H-pyrrole nitrogens is 1. The van der Waals surface area contributed by atoms with E-state index >= 15 is 0 Å². The van der Waals surface area contributed by atoms with E-state index in [-0.39, 0.29) is 23.3 Å². The van der Waals surface area contributed by atoms with Gasteiger partial charge in [-0.25, -0.2) is 4.98 Å². The van der Waals surface area contributed by atoms with Gasteiger partial charge in [-0.3, -0.25) is 14.7 Å². The Hall–Kier alpha value is -3.10. The second-order valence-electron chi connectivity index (χ2n) is 9.09. The summed E-state index contributed by atoms with van der Waals surface area (Å²) in [6.45, 7) is 0.955. The van der Waals surface area contributed by atoms with Crippen molar-refractivity contribution in [3.05, 3.63) is 63.9 Å². The fraction of sp³-hybridized carbons (Fsp3) is 0.360. The molecule has 3 aromatic rings. The number of carbonyl (C=O) groups excluding carboxylic acids is 2. The lowest BCUT2D eigenvalue weighted by atomic mass is 9.88. The first-order chi connectivity index (χ1) is 16.9. The number of aromatic amines is 1. The number of halogens is 2. The minimum Gasteiger partial charge on any atom is -0.481 e. The number of ether oxygens (including phenoxy) is 1. The van der Waals surface area contributed by atoms with E-state index < -0.39 is 0 Å². The molecule has 5 rings (SSSR count). The third-order valence-corrected chi connectivity index (χ3v) is 7.36. The van der Waals surface area contributed by atoms with E-state index in [0.29, 0.717) is 58.8 Å². The molecule has 2 N–H and O–H groups in total. The highest BCUT2D eigenvalue weighted by atomic mass is 35.5. The van der Waals surface area contributed by atoms with E-state index in [1.165, 1.54) is 13.3 Å². The predicted molar refractivity (Wildman–Crippen MR) is 132 cm³/mol. The highest BCUT2D eigenvalue weighted by molar-refractivity contribution is 6.33. The molecule has 3 heterocycles. The van der Waals surface area contributed by atoms with E-state index in [1.807, 2.05) is 29.2 Å². The summed E-state index contributed by atoms with van der Waals surface area (Å²) in [6, 6.07) is 10.8. The van der Waals surface area contributed by atoms with Crippen LogP contribution in [0.15, 0.2) is 42.6 Å². The SMILES string of the molecule is COc1cc(-c2cc(C(=O)N3CCC(C(=O)NCc4cccc(Cl)c4)CC34CC4)[nH]n2)c(Cl)cn1. The van der Waals surface area contributed by atoms with Gasteiger partial charge in [0, 0.05) is 41.2 Å². The van der Waals surface area contributed by atoms with Crippen molar-refractivity contribution in [2.45, 2.75) is 37.8 Å². The molecule has 1 aliphatic heterocycles. The number of methoxy groups -OCH3 is 1. The minimum absolute atomic E-state index is 0.0217. The monoisotopic (exact) mass is 513 g/mol. The molecule has 1 atom stereocenters. The fourth-order valence-corrected chi connectivity index (χ4v) is 5.19. The zero-order valence-corrected chi connectivity index (χ0v) is 20.7. The Bertz CT molecular complexity index is 1270. The first kappa shape index (κ1) is 23.6. The standard InChI is InChI=1S/C25H25Cl2N5O3/c1-35-22-10-18(19(27)14-28-22)20-11-21(31-30-20)24(34)32-8-5-16(12-25(32)6-7-25)23(33)29-13-15-3-2-4-17(26)9-15/h2-4,9-11,14,16H,5-8,12-13H2,1H3,(H,29,33)(H,30,31). The van der Waals surface area contributed by atoms with Crippen LogP contribution >= 0.6 is 23.2 Å². The molecule has 2 amide bonds. The van der Waals surface area contributed by atoms with Crippen molar-refractivity contribution in [1.29, 1.82) is 0 Å². The van der Waals surface area contributed by atoms with Gasteiger partial charge in [0.05, 0.1) is 24.0 Å². The van der Waals surface area contributed by atoms with Gasteiger partial charge in [0.25, 0.3) is 5.91 Å². The van der Waals surface area contributed by atoms with Crippen molar-refractivity contribution in [1.82, 2.24) is 25.4 Å². The van der Waals surface area contributed by atoms with Crippen molar-refractivity contribution < 1.29 is 14.3 Å². The number of amides is 2. The summed E-state index contributed by atoms with van der Waals surface area (Å²) in [7, 11) is 1.52. The summed E-state index contributed by atoms with van der Waals surface area (Å²) < 4.78 is 5.17. The molecule has 2 aliphatic rings. The zero-order valence-electron chi connectivity index (χ0n) is 19.2. The normalized spacial score (nSPS) is 18.4. The van der Waals surface area contributed by atoms with Gasteiger partial charge in [-0.15, -0.1) is 0 Å². The number of likely N-dealkylation sites (tertiary alicyclic amines) is 1. The smallest absolute Gasteiger partial charge is 0.272 e. The van der Waals surface area contributed by atoms with Crippen molar-refractivity contribution in [2.75, 3.05) is 13.7 Å². The Balaban J connectivity index is 1.25. The average molecular weight is 514 g/mol. The number of hydrogen-bond acceptors (Lipinski definition) is 5. The first-order valence-electron chi connectivity index (χ1n) is 11.5. The van der Waals surface area contributed by atoms with Crippen LogP contribution in [0, 0.1) is 5.92 Å². The van der Waals surface area contributed by atoms with E-state index in [1.54, 1.807) is 12.1 Å². The number of nitrogens with zero attached hydrogens (tertiary/aromatic N) is 3. The van der Waals surface area contributed by atoms with E-state index in [0.717, 1.165) is 18.4 Å². The molecule has 1 aliphatic carbocycles. The minimum atomic E-state index is -0.268. The Morgan fingerprint density at radius 2 is 2.09 bits per heavy atom. The van der Waals surface area contributed by atoms with Gasteiger partial charge in [0.2, 0.25) is 11.8 Å². The Morgan fingerprint density at radius 3 is 2.83 bits per heavy atom. The maximum atomic E-state index is 13.4. The third-order valence-electron chi connectivity index (χ3n) is 6.82. The second kappa shape index (κ2) is 9.51. The van der Waals surface area contributed by atoms with Gasteiger partial charge < -0.3 is 15.0 Å². The van der Waals surface area contributed by atoms with Gasteiger partial charge in [-0.1, -0.05) is 35.3 Å². The molecule has 1 saturated carbocycles. The van der Waals surface area contributed by atoms with Gasteiger partial charge >= 0.3 is 0 Å². The fourth-order valence-electron chi connectivity index (χ4n) is 4.77. The number of carbonyl (C=O) groups is 2. The molecule has 10 heteroatoms. The number of rotatable bonds is 6. The van der Waals surface area contributed by atoms with E-state index in [9.17, 15) is 9.59 Å². The van der Waals surface area contributed by atoms with Crippen LogP contribution in [0.3, 0.4) is 0 Å². The lowest BCUT2D eigenvalue weighted by Gasteiger charge is -2.39. The largest absolute Gasteiger partial charge is 0.481 e. The third kappa shape index (κ3) is 4.86. The van der Waals surface area contributed by atoms with Crippen LogP contribution in [0.1, 0.15) is 41.7 Å². The van der Waals surface area contributed by atoms with Crippen LogP contribution in [0.2, 0.25) is 10.0 Å². The molecule has 2 fully saturated rings. The number of pyridine rings is 1. The summed E-state index contributed by atoms with van der Waals surface area (Å²) in [5.74, 6) is 0.193. The Labute approximate surface area is 213 Å². The molecule has 1 saturated heterocycles. The van der Waals surface area contributed by atoms with E-state index in [4.69, 9.17) is 27.9 Å². The van der Waals surface area contributed by atoms with Crippen LogP contribution in [0.4, 0.5) is 0 Å². The molecule has 182 valence electrons. The molecule has 0 bridgehead atoms. The Morgan fingerprint density at radius 1 is 1.26 bits per heavy atom. The molecule has 35 heavy (non-hydrogen) atoms. The number of piperidine rings is 1. The maximum absolute atomic E-state index is 13.4. The van der Waals surface area contributed by atoms with Crippen molar-refractivity contribution >= 4 is 35.0 Å². The summed E-state index contributed by atoms with van der Waals surface area (Å²) >= 11 is 12.3. The van der Waals surface area contributed by atoms with Crippen LogP contribution in [0.5, 0.6) is 5.88 Å². The molecular formula is C25H25Cl2N5O3. The topological polar surface area (TPSA) is 100 Å². The predicted octanol–water partition coefficient (Wildman–Crippen LogP) is 4.49. The lowest BCUT2D eigenvalue weighted by molar-refractivity contribution is -0.127. The summed E-state index contributed by atoms with van der Waals surface area (Å²) in [5.41, 5.74) is 2.25. The number of benzene rings is 1. The molecule has 1 spiro atoms. The highest BCUT2D eigenvalue weighted by Crippen LogP contribution is 2.50. The molecule has 2 aromatic heterocycles. The number of aromatic nitrogens is 3. The highest BCUT2D eigenvalue weighted by Gasteiger charge is 2.54. The molecule has 1 unspecified atom stereocenters. The average Bonchev–Trinajstić information content (AvgIpc) is 3.44. The van der Waals surface area contributed by atoms with Crippen molar-refractivity contribution in [2.24, 2.45) is 5.92 Å². The second-order valence-corrected chi connectivity index (χ2v) is 9.94. The van der Waals surface area contributed by atoms with Gasteiger partial charge in [-0.2, -0.15) is 5.10 Å². The van der Waals surface area contributed by atoms with Crippen molar-refractivity contribution in [3.63, 3.8) is 0 Å². The van der Waals surface area contributed by atoms with Gasteiger partial charge in [0.15, 0.2) is 0 Å². The summed E-state index contributed by atoms with van der Waals surface area (Å²) in [4.78, 5) is 32.2.